The Kier molecular flexibility index (Phi) is 4.62. The Morgan fingerprint density at radius 2 is 2.12 bits per heavy atom. The minimum atomic E-state index is -1.04. The third kappa shape index (κ3) is 3.41. The van der Waals surface area contributed by atoms with Crippen LogP contribution in [0.2, 0.25) is 0 Å². The van der Waals surface area contributed by atoms with Gasteiger partial charge in [0.25, 0.3) is 0 Å². The van der Waals surface area contributed by atoms with Gasteiger partial charge in [0.1, 0.15) is 11.8 Å². The molecule has 1 saturated heterocycles. The Labute approximate surface area is 182 Å². The molecule has 4 aromatic rings. The number of hydrogen-bond acceptors (Lipinski definition) is 7. The van der Waals surface area contributed by atoms with Crippen LogP contribution in [-0.2, 0) is 4.74 Å². The van der Waals surface area contributed by atoms with Crippen molar-refractivity contribution in [2.24, 2.45) is 5.92 Å². The average Bonchev–Trinajstić information content (AvgIpc) is 3.29. The summed E-state index contributed by atoms with van der Waals surface area (Å²) in [6.45, 7) is 1.72. The zero-order valence-electron chi connectivity index (χ0n) is 17.1. The maximum absolute atomic E-state index is 14.5. The minimum Gasteiger partial charge on any atom is -0.490 e. The minimum absolute atomic E-state index is 0.188. The highest BCUT2D eigenvalue weighted by Crippen LogP contribution is 2.42. The average molecular weight is 436 g/mol. The van der Waals surface area contributed by atoms with Crippen molar-refractivity contribution in [1.29, 1.82) is 0 Å². The van der Waals surface area contributed by atoms with Gasteiger partial charge < -0.3 is 14.6 Å². The molecule has 1 N–H and O–H groups in total. The maximum atomic E-state index is 14.5. The predicted molar refractivity (Wildman–Crippen MR) is 110 cm³/mol. The normalized spacial score (nSPS) is 17.4. The van der Waals surface area contributed by atoms with E-state index >= 15 is 0 Å². The first-order valence-corrected chi connectivity index (χ1v) is 10.6. The summed E-state index contributed by atoms with van der Waals surface area (Å²) in [5, 5.41) is 19.4. The summed E-state index contributed by atoms with van der Waals surface area (Å²) in [5.74, 6) is 0.342. The molecule has 4 heterocycles. The number of nitrogens with zero attached hydrogens (tertiary/aromatic N) is 6. The van der Waals surface area contributed by atoms with Crippen LogP contribution in [0.15, 0.2) is 43.1 Å². The summed E-state index contributed by atoms with van der Waals surface area (Å²) in [5.41, 5.74) is 3.11. The third-order valence-corrected chi connectivity index (χ3v) is 5.90. The topological polar surface area (TPSA) is 99.6 Å². The van der Waals surface area contributed by atoms with Crippen LogP contribution in [-0.4, -0.2) is 54.3 Å². The van der Waals surface area contributed by atoms with Crippen LogP contribution >= 0.6 is 0 Å². The van der Waals surface area contributed by atoms with Crippen LogP contribution in [0.1, 0.15) is 41.9 Å². The molecule has 0 bridgehead atoms. The van der Waals surface area contributed by atoms with Crippen molar-refractivity contribution in [3.8, 4) is 11.4 Å². The molecule has 9 nitrogen and oxygen atoms in total. The largest absolute Gasteiger partial charge is 0.490 e. The lowest BCUT2D eigenvalue weighted by atomic mass is 10.1. The highest BCUT2D eigenvalue weighted by atomic mass is 19.1. The lowest BCUT2D eigenvalue weighted by Gasteiger charge is -2.25. The van der Waals surface area contributed by atoms with Crippen molar-refractivity contribution in [1.82, 2.24) is 29.4 Å². The zero-order chi connectivity index (χ0) is 21.7. The Bertz CT molecular complexity index is 1280. The zero-order valence-corrected chi connectivity index (χ0v) is 17.1. The Morgan fingerprint density at radius 1 is 1.25 bits per heavy atom. The quantitative estimate of drug-likeness (QED) is 0.475. The van der Waals surface area contributed by atoms with E-state index in [0.29, 0.717) is 48.7 Å². The summed E-state index contributed by atoms with van der Waals surface area (Å²) in [7, 11) is 0. The summed E-state index contributed by atoms with van der Waals surface area (Å²) in [6, 6.07) is 4.61. The van der Waals surface area contributed by atoms with Gasteiger partial charge in [0.15, 0.2) is 11.6 Å². The molecule has 2 fully saturated rings. The van der Waals surface area contributed by atoms with E-state index in [0.717, 1.165) is 24.1 Å². The molecule has 0 spiro atoms. The van der Waals surface area contributed by atoms with E-state index in [1.807, 2.05) is 4.40 Å². The molecule has 2 aliphatic rings. The SMILES string of the molecule is O[C@@H](c1cn(-c2ccc(OCC3COC3)c(F)c2)nn1)c1c(C2CC2)ncc2cncn12. The summed E-state index contributed by atoms with van der Waals surface area (Å²) < 4.78 is 28.5. The van der Waals surface area contributed by atoms with Crippen LogP contribution in [0.25, 0.3) is 11.2 Å². The van der Waals surface area contributed by atoms with E-state index in [9.17, 15) is 9.50 Å². The second kappa shape index (κ2) is 7.64. The van der Waals surface area contributed by atoms with Crippen LogP contribution in [0.3, 0.4) is 0 Å². The molecule has 6 rings (SSSR count). The first kappa shape index (κ1) is 19.3. The molecule has 10 heteroatoms. The number of hydrogen-bond donors (Lipinski definition) is 1. The number of imidazole rings is 1. The second-order valence-corrected chi connectivity index (χ2v) is 8.31. The van der Waals surface area contributed by atoms with E-state index in [-0.39, 0.29) is 5.75 Å². The molecule has 1 atom stereocenters. The van der Waals surface area contributed by atoms with Crippen molar-refractivity contribution in [2.45, 2.75) is 24.9 Å². The summed E-state index contributed by atoms with van der Waals surface area (Å²) in [4.78, 5) is 8.74. The Hall–Kier alpha value is -3.37. The molecule has 0 amide bonds. The molecular weight excluding hydrogens is 415 g/mol. The molecule has 1 aliphatic heterocycles. The van der Waals surface area contributed by atoms with Gasteiger partial charge in [-0.05, 0) is 25.0 Å². The Balaban J connectivity index is 1.27. The molecule has 164 valence electrons. The van der Waals surface area contributed by atoms with Gasteiger partial charge in [0.2, 0.25) is 0 Å². The molecule has 0 radical (unpaired) electrons. The summed E-state index contributed by atoms with van der Waals surface area (Å²) >= 11 is 0. The van der Waals surface area contributed by atoms with Gasteiger partial charge >= 0.3 is 0 Å². The number of aromatic nitrogens is 6. The van der Waals surface area contributed by atoms with Crippen LogP contribution in [0.5, 0.6) is 5.75 Å². The van der Waals surface area contributed by atoms with Crippen LogP contribution < -0.4 is 4.74 Å². The van der Waals surface area contributed by atoms with Crippen molar-refractivity contribution in [3.63, 3.8) is 0 Å². The van der Waals surface area contributed by atoms with Gasteiger partial charge in [-0.3, -0.25) is 9.38 Å². The second-order valence-electron chi connectivity index (χ2n) is 8.31. The van der Waals surface area contributed by atoms with E-state index < -0.39 is 11.9 Å². The van der Waals surface area contributed by atoms with E-state index in [2.05, 4.69) is 20.3 Å². The number of benzene rings is 1. The molecule has 1 aromatic carbocycles. The van der Waals surface area contributed by atoms with Gasteiger partial charge in [-0.2, -0.15) is 0 Å². The van der Waals surface area contributed by atoms with Gasteiger partial charge in [0, 0.05) is 17.9 Å². The first-order chi connectivity index (χ1) is 15.7. The Morgan fingerprint density at radius 3 is 2.88 bits per heavy atom. The molecule has 3 aromatic heterocycles. The number of aliphatic hydroxyl groups excluding tert-OH is 1. The van der Waals surface area contributed by atoms with Crippen molar-refractivity contribution < 1.29 is 19.0 Å². The van der Waals surface area contributed by atoms with Crippen molar-refractivity contribution in [2.75, 3.05) is 19.8 Å². The molecule has 1 saturated carbocycles. The van der Waals surface area contributed by atoms with Crippen LogP contribution in [0, 0.1) is 11.7 Å². The molecule has 1 aliphatic carbocycles. The number of fused-ring (bicyclic) bond motifs is 1. The van der Waals surface area contributed by atoms with Gasteiger partial charge in [-0.15, -0.1) is 5.10 Å². The fraction of sp³-hybridized carbons (Fsp3) is 0.364. The summed E-state index contributed by atoms with van der Waals surface area (Å²) in [6.07, 6.45) is 7.76. The highest BCUT2D eigenvalue weighted by Gasteiger charge is 2.32. The highest BCUT2D eigenvalue weighted by molar-refractivity contribution is 5.47. The van der Waals surface area contributed by atoms with E-state index in [1.165, 1.54) is 10.7 Å². The van der Waals surface area contributed by atoms with Gasteiger partial charge in [-0.25, -0.2) is 14.1 Å². The van der Waals surface area contributed by atoms with Gasteiger partial charge in [0.05, 0.1) is 67.3 Å². The van der Waals surface area contributed by atoms with E-state index in [4.69, 9.17) is 9.47 Å². The number of aliphatic hydroxyl groups is 1. The number of ether oxygens (including phenoxy) is 2. The predicted octanol–water partition coefficient (Wildman–Crippen LogP) is 2.43. The van der Waals surface area contributed by atoms with Crippen LogP contribution in [0.4, 0.5) is 4.39 Å². The standard InChI is InChI=1S/C22H21FN6O3/c23-17-5-15(3-4-19(17)32-11-13-9-31-10-13)29-8-18(26-27-29)22(30)21-20(14-1-2-14)25-7-16-6-24-12-28(16)21/h3-8,12-14,22,30H,1-2,9-11H2/t22-/m0/s1. The molecule has 0 unspecified atom stereocenters. The lowest BCUT2D eigenvalue weighted by Crippen LogP contribution is -2.32. The number of rotatable bonds is 7. The van der Waals surface area contributed by atoms with E-state index in [1.54, 1.807) is 37.1 Å². The first-order valence-electron chi connectivity index (χ1n) is 10.6. The fourth-order valence-corrected chi connectivity index (χ4v) is 3.88. The van der Waals surface area contributed by atoms with Gasteiger partial charge in [-0.1, -0.05) is 5.21 Å². The third-order valence-electron chi connectivity index (χ3n) is 5.90. The number of halogens is 1. The maximum Gasteiger partial charge on any atom is 0.167 e. The smallest absolute Gasteiger partial charge is 0.167 e. The lowest BCUT2D eigenvalue weighted by molar-refractivity contribution is -0.0512. The van der Waals surface area contributed by atoms with Crippen molar-refractivity contribution >= 4 is 5.52 Å². The molecular formula is C22H21FN6O3. The van der Waals surface area contributed by atoms with Crippen molar-refractivity contribution in [3.05, 3.63) is 66.0 Å². The fourth-order valence-electron chi connectivity index (χ4n) is 3.88. The molecule has 32 heavy (non-hydrogen) atoms. The monoisotopic (exact) mass is 436 g/mol.